The Balaban J connectivity index is 1.83. The van der Waals surface area contributed by atoms with E-state index < -0.39 is 11.9 Å². The van der Waals surface area contributed by atoms with Gasteiger partial charge in [0.2, 0.25) is 11.8 Å². The first-order chi connectivity index (χ1) is 8.16. The lowest BCUT2D eigenvalue weighted by Crippen LogP contribution is -2.53. The predicted molar refractivity (Wildman–Crippen MR) is 61.1 cm³/mol. The zero-order chi connectivity index (χ0) is 12.3. The molecule has 4 amide bonds. The molecule has 2 aliphatic rings. The number of nitrogens with zero attached hydrogens (tertiary/aromatic N) is 1. The molecule has 2 fully saturated rings. The molecule has 0 radical (unpaired) electrons. The Morgan fingerprint density at radius 1 is 1.12 bits per heavy atom. The van der Waals surface area contributed by atoms with E-state index in [1.807, 2.05) is 0 Å². The van der Waals surface area contributed by atoms with Gasteiger partial charge in [0.05, 0.1) is 0 Å². The SMILES string of the molecule is O=C1CC(=O)N(CCC2CCCCC2)C(=O)N1. The summed E-state index contributed by atoms with van der Waals surface area (Å²) >= 11 is 0. The van der Waals surface area contributed by atoms with Gasteiger partial charge in [0, 0.05) is 6.54 Å². The summed E-state index contributed by atoms with van der Waals surface area (Å²) in [4.78, 5) is 35.1. The normalized spacial score (nSPS) is 22.8. The van der Waals surface area contributed by atoms with Crippen molar-refractivity contribution in [2.75, 3.05) is 6.54 Å². The van der Waals surface area contributed by atoms with Crippen molar-refractivity contribution in [2.24, 2.45) is 5.92 Å². The minimum atomic E-state index is -0.554. The molecule has 1 heterocycles. The van der Waals surface area contributed by atoms with Crippen LogP contribution in [0.5, 0.6) is 0 Å². The molecule has 0 bridgehead atoms. The highest BCUT2D eigenvalue weighted by Gasteiger charge is 2.30. The average molecular weight is 238 g/mol. The summed E-state index contributed by atoms with van der Waals surface area (Å²) in [6.07, 6.45) is 6.87. The van der Waals surface area contributed by atoms with Gasteiger partial charge in [-0.2, -0.15) is 0 Å². The Bertz CT molecular complexity index is 315. The van der Waals surface area contributed by atoms with Gasteiger partial charge in [-0.15, -0.1) is 0 Å². The molecule has 0 unspecified atom stereocenters. The summed E-state index contributed by atoms with van der Waals surface area (Å²) in [6.45, 7) is 0.447. The fourth-order valence-electron chi connectivity index (χ4n) is 2.59. The molecular formula is C12H18N2O3. The van der Waals surface area contributed by atoms with E-state index >= 15 is 0 Å². The van der Waals surface area contributed by atoms with Crippen molar-refractivity contribution < 1.29 is 14.4 Å². The van der Waals surface area contributed by atoms with Crippen LogP contribution in [0.1, 0.15) is 44.9 Å². The van der Waals surface area contributed by atoms with E-state index in [2.05, 4.69) is 5.32 Å². The number of imide groups is 2. The highest BCUT2D eigenvalue weighted by molar-refractivity contribution is 6.14. The number of nitrogens with one attached hydrogen (secondary N) is 1. The number of rotatable bonds is 3. The van der Waals surface area contributed by atoms with Gasteiger partial charge < -0.3 is 0 Å². The zero-order valence-electron chi connectivity index (χ0n) is 9.91. The van der Waals surface area contributed by atoms with Crippen molar-refractivity contribution in [2.45, 2.75) is 44.9 Å². The monoisotopic (exact) mass is 238 g/mol. The van der Waals surface area contributed by atoms with Crippen molar-refractivity contribution in [1.29, 1.82) is 0 Å². The Morgan fingerprint density at radius 2 is 1.82 bits per heavy atom. The fraction of sp³-hybridized carbons (Fsp3) is 0.750. The van der Waals surface area contributed by atoms with E-state index in [4.69, 9.17) is 0 Å². The minimum Gasteiger partial charge on any atom is -0.277 e. The summed E-state index contributed by atoms with van der Waals surface area (Å²) in [5.74, 6) is -0.231. The first-order valence-electron chi connectivity index (χ1n) is 6.31. The predicted octanol–water partition coefficient (Wildman–Crippen LogP) is 1.43. The Morgan fingerprint density at radius 3 is 2.47 bits per heavy atom. The molecule has 0 aromatic rings. The van der Waals surface area contributed by atoms with Gasteiger partial charge in [-0.05, 0) is 12.3 Å². The maximum Gasteiger partial charge on any atom is 0.330 e. The van der Waals surface area contributed by atoms with Crippen LogP contribution in [0.15, 0.2) is 0 Å². The molecule has 1 aliphatic carbocycles. The van der Waals surface area contributed by atoms with E-state index in [1.54, 1.807) is 0 Å². The van der Waals surface area contributed by atoms with Gasteiger partial charge in [-0.1, -0.05) is 32.1 Å². The first-order valence-corrected chi connectivity index (χ1v) is 6.31. The number of hydrogen-bond donors (Lipinski definition) is 1. The Hall–Kier alpha value is -1.39. The highest BCUT2D eigenvalue weighted by Crippen LogP contribution is 2.26. The van der Waals surface area contributed by atoms with Gasteiger partial charge >= 0.3 is 6.03 Å². The van der Waals surface area contributed by atoms with E-state index in [9.17, 15) is 14.4 Å². The zero-order valence-corrected chi connectivity index (χ0v) is 9.91. The molecule has 5 nitrogen and oxygen atoms in total. The van der Waals surface area contributed by atoms with Crippen LogP contribution in [0, 0.1) is 5.92 Å². The maximum atomic E-state index is 11.5. The van der Waals surface area contributed by atoms with Gasteiger partial charge in [0.15, 0.2) is 0 Å². The Kier molecular flexibility index (Phi) is 3.76. The molecule has 17 heavy (non-hydrogen) atoms. The number of hydrogen-bond acceptors (Lipinski definition) is 3. The number of urea groups is 1. The molecule has 2 rings (SSSR count). The number of barbiturate groups is 1. The van der Waals surface area contributed by atoms with E-state index in [-0.39, 0.29) is 12.3 Å². The van der Waals surface area contributed by atoms with Crippen LogP contribution in [-0.2, 0) is 9.59 Å². The molecule has 0 aromatic heterocycles. The van der Waals surface area contributed by atoms with Crippen LogP contribution in [0.3, 0.4) is 0 Å². The lowest BCUT2D eigenvalue weighted by Gasteiger charge is -2.28. The van der Waals surface area contributed by atoms with Crippen LogP contribution in [0.25, 0.3) is 0 Å². The van der Waals surface area contributed by atoms with Crippen LogP contribution < -0.4 is 5.32 Å². The summed E-state index contributed by atoms with van der Waals surface area (Å²) in [5.41, 5.74) is 0. The van der Waals surface area contributed by atoms with Gasteiger partial charge in [0.1, 0.15) is 6.42 Å². The molecule has 5 heteroatoms. The smallest absolute Gasteiger partial charge is 0.277 e. The summed E-state index contributed by atoms with van der Waals surface area (Å²) in [6, 6.07) is -0.554. The summed E-state index contributed by atoms with van der Waals surface area (Å²) < 4.78 is 0. The highest BCUT2D eigenvalue weighted by atomic mass is 16.2. The van der Waals surface area contributed by atoms with Crippen LogP contribution >= 0.6 is 0 Å². The van der Waals surface area contributed by atoms with Crippen LogP contribution in [0.4, 0.5) is 4.79 Å². The number of carbonyl (C=O) groups excluding carboxylic acids is 3. The summed E-state index contributed by atoms with van der Waals surface area (Å²) in [7, 11) is 0. The van der Waals surface area contributed by atoms with Crippen molar-refractivity contribution in [3.63, 3.8) is 0 Å². The molecule has 0 aromatic carbocycles. The third-order valence-electron chi connectivity index (χ3n) is 3.59. The van der Waals surface area contributed by atoms with Crippen LogP contribution in [-0.4, -0.2) is 29.3 Å². The van der Waals surface area contributed by atoms with E-state index in [1.165, 1.54) is 37.0 Å². The second-order valence-corrected chi connectivity index (χ2v) is 4.87. The maximum absolute atomic E-state index is 11.5. The number of carbonyl (C=O) groups is 3. The molecular weight excluding hydrogens is 220 g/mol. The lowest BCUT2D eigenvalue weighted by atomic mass is 9.87. The summed E-state index contributed by atoms with van der Waals surface area (Å²) in [5, 5.41) is 2.17. The minimum absolute atomic E-state index is 0.198. The van der Waals surface area contributed by atoms with Crippen molar-refractivity contribution in [3.05, 3.63) is 0 Å². The molecule has 1 aliphatic heterocycles. The quantitative estimate of drug-likeness (QED) is 0.756. The molecule has 0 spiro atoms. The first kappa shape index (κ1) is 12.1. The fourth-order valence-corrected chi connectivity index (χ4v) is 2.59. The van der Waals surface area contributed by atoms with Crippen LogP contribution in [0.2, 0.25) is 0 Å². The molecule has 1 N–H and O–H groups in total. The lowest BCUT2D eigenvalue weighted by molar-refractivity contribution is -0.136. The topological polar surface area (TPSA) is 66.5 Å². The average Bonchev–Trinajstić information content (AvgIpc) is 2.29. The second kappa shape index (κ2) is 5.29. The van der Waals surface area contributed by atoms with Gasteiger partial charge in [0.25, 0.3) is 0 Å². The standard InChI is InChI=1S/C12H18N2O3/c15-10-8-11(16)14(12(17)13-10)7-6-9-4-2-1-3-5-9/h9H,1-8H2,(H,13,15,17). The third-order valence-corrected chi connectivity index (χ3v) is 3.59. The Labute approximate surface area is 101 Å². The number of amides is 4. The molecule has 1 saturated heterocycles. The van der Waals surface area contributed by atoms with Gasteiger partial charge in [-0.25, -0.2) is 4.79 Å². The van der Waals surface area contributed by atoms with Crippen molar-refractivity contribution in [1.82, 2.24) is 10.2 Å². The molecule has 94 valence electrons. The molecule has 0 atom stereocenters. The third kappa shape index (κ3) is 3.05. The van der Waals surface area contributed by atoms with Gasteiger partial charge in [-0.3, -0.25) is 19.8 Å². The van der Waals surface area contributed by atoms with Crippen molar-refractivity contribution in [3.8, 4) is 0 Å². The second-order valence-electron chi connectivity index (χ2n) is 4.87. The van der Waals surface area contributed by atoms with E-state index in [0.717, 1.165) is 6.42 Å². The largest absolute Gasteiger partial charge is 0.330 e. The van der Waals surface area contributed by atoms with E-state index in [0.29, 0.717) is 12.5 Å². The molecule has 1 saturated carbocycles. The van der Waals surface area contributed by atoms with Crippen molar-refractivity contribution >= 4 is 17.8 Å².